The number of ketones is 2. The Morgan fingerprint density at radius 3 is 1.68 bits per heavy atom. The summed E-state index contributed by atoms with van der Waals surface area (Å²) in [6.45, 7) is 6.44. The lowest BCUT2D eigenvalue weighted by Crippen LogP contribution is -2.30. The highest BCUT2D eigenvalue weighted by molar-refractivity contribution is 5.96. The van der Waals surface area contributed by atoms with Gasteiger partial charge < -0.3 is 14.2 Å². The summed E-state index contributed by atoms with van der Waals surface area (Å²) in [5.74, 6) is -1.48. The third-order valence-electron chi connectivity index (χ3n) is 4.27. The summed E-state index contributed by atoms with van der Waals surface area (Å²) in [6, 6.07) is 12.1. The van der Waals surface area contributed by atoms with E-state index in [1.165, 1.54) is 62.4 Å². The molecule has 0 heterocycles. The van der Waals surface area contributed by atoms with Crippen LogP contribution in [0, 0.1) is 0 Å². The van der Waals surface area contributed by atoms with Crippen molar-refractivity contribution in [2.45, 2.75) is 20.0 Å². The molecule has 0 fully saturated rings. The van der Waals surface area contributed by atoms with Crippen molar-refractivity contribution < 1.29 is 33.4 Å². The fourth-order valence-electron chi connectivity index (χ4n) is 2.55. The number of carbonyl (C=O) groups excluding carboxylic acids is 4. The molecule has 1 unspecified atom stereocenters. The number of benzene rings is 2. The summed E-state index contributed by atoms with van der Waals surface area (Å²) in [5.41, 5.74) is 1.48. The van der Waals surface area contributed by atoms with Gasteiger partial charge in [0.15, 0.2) is 17.7 Å². The molecule has 7 nitrogen and oxygen atoms in total. The minimum absolute atomic E-state index is 0.000155. The van der Waals surface area contributed by atoms with Crippen molar-refractivity contribution in [3.63, 3.8) is 0 Å². The molecule has 0 amide bonds. The average molecular weight is 424 g/mol. The summed E-state index contributed by atoms with van der Waals surface area (Å²) < 4.78 is 16.0. The number of hydrogen-bond acceptors (Lipinski definition) is 7. The quantitative estimate of drug-likeness (QED) is 0.235. The largest absolute Gasteiger partial charge is 0.458 e. The predicted octanol–water partition coefficient (Wildman–Crippen LogP) is 3.68. The molecule has 0 spiro atoms. The van der Waals surface area contributed by atoms with Crippen LogP contribution in [-0.2, 0) is 14.2 Å². The summed E-state index contributed by atoms with van der Waals surface area (Å²) in [7, 11) is 0. The monoisotopic (exact) mass is 424 g/mol. The second kappa shape index (κ2) is 11.6. The van der Waals surface area contributed by atoms with Gasteiger partial charge in [0.05, 0.1) is 24.3 Å². The lowest BCUT2D eigenvalue weighted by Gasteiger charge is -2.18. The first-order valence-corrected chi connectivity index (χ1v) is 9.60. The molecule has 2 rings (SSSR count). The van der Waals surface area contributed by atoms with E-state index in [0.717, 1.165) is 0 Å². The molecule has 7 heteroatoms. The highest BCUT2D eigenvalue weighted by atomic mass is 16.6. The topological polar surface area (TPSA) is 96.0 Å². The highest BCUT2D eigenvalue weighted by Gasteiger charge is 2.19. The molecule has 0 bridgehead atoms. The molecule has 1 atom stereocenters. The van der Waals surface area contributed by atoms with E-state index in [2.05, 4.69) is 6.58 Å². The Kier molecular flexibility index (Phi) is 8.84. The van der Waals surface area contributed by atoms with Crippen molar-refractivity contribution in [3.05, 3.63) is 83.4 Å². The average Bonchev–Trinajstić information content (AvgIpc) is 2.77. The van der Waals surface area contributed by atoms with Crippen LogP contribution in [0.4, 0.5) is 0 Å². The lowest BCUT2D eigenvalue weighted by atomic mass is 10.1. The van der Waals surface area contributed by atoms with Gasteiger partial charge in [-0.3, -0.25) is 9.59 Å². The number of Topliss-reactive ketones (excluding diaryl/α,β-unsaturated/α-hetero) is 2. The van der Waals surface area contributed by atoms with Gasteiger partial charge in [-0.25, -0.2) is 9.59 Å². The Labute approximate surface area is 180 Å². The van der Waals surface area contributed by atoms with Crippen LogP contribution in [0.3, 0.4) is 0 Å². The van der Waals surface area contributed by atoms with Crippen LogP contribution < -0.4 is 0 Å². The molecule has 2 aromatic rings. The molecule has 2 aromatic carbocycles. The maximum atomic E-state index is 12.4. The zero-order valence-electron chi connectivity index (χ0n) is 17.5. The van der Waals surface area contributed by atoms with Gasteiger partial charge in [0.25, 0.3) is 0 Å². The number of rotatable bonds is 11. The van der Waals surface area contributed by atoms with E-state index in [1.54, 1.807) is 6.08 Å². The van der Waals surface area contributed by atoms with Crippen LogP contribution in [0.25, 0.3) is 0 Å². The van der Waals surface area contributed by atoms with Gasteiger partial charge in [-0.1, -0.05) is 30.3 Å². The van der Waals surface area contributed by atoms with Gasteiger partial charge in [0.2, 0.25) is 0 Å². The van der Waals surface area contributed by atoms with Crippen molar-refractivity contribution in [1.29, 1.82) is 0 Å². The molecule has 31 heavy (non-hydrogen) atoms. The van der Waals surface area contributed by atoms with Gasteiger partial charge in [-0.2, -0.15) is 0 Å². The fraction of sp³-hybridized carbons (Fsp3) is 0.250. The first-order valence-electron chi connectivity index (χ1n) is 9.60. The van der Waals surface area contributed by atoms with Gasteiger partial charge in [-0.15, -0.1) is 6.58 Å². The number of carbonyl (C=O) groups is 4. The normalized spacial score (nSPS) is 11.3. The maximum absolute atomic E-state index is 12.4. The molecule has 0 radical (unpaired) electrons. The van der Waals surface area contributed by atoms with E-state index >= 15 is 0 Å². The molecule has 0 aliphatic rings. The smallest absolute Gasteiger partial charge is 0.338 e. The first kappa shape index (κ1) is 23.7. The second-order valence-electron chi connectivity index (χ2n) is 6.72. The number of esters is 2. The number of hydrogen-bond donors (Lipinski definition) is 0. The zero-order valence-corrected chi connectivity index (χ0v) is 17.5. The van der Waals surface area contributed by atoms with E-state index in [4.69, 9.17) is 14.2 Å². The van der Waals surface area contributed by atoms with Crippen molar-refractivity contribution in [2.24, 2.45) is 0 Å². The zero-order chi connectivity index (χ0) is 22.8. The van der Waals surface area contributed by atoms with Crippen LogP contribution in [0.15, 0.2) is 61.2 Å². The summed E-state index contributed by atoms with van der Waals surface area (Å²) in [4.78, 5) is 47.4. The molecular weight excluding hydrogens is 400 g/mol. The van der Waals surface area contributed by atoms with Crippen LogP contribution in [-0.4, -0.2) is 49.4 Å². The van der Waals surface area contributed by atoms with E-state index in [1.807, 2.05) is 0 Å². The fourth-order valence-corrected chi connectivity index (χ4v) is 2.55. The van der Waals surface area contributed by atoms with E-state index in [9.17, 15) is 19.2 Å². The van der Waals surface area contributed by atoms with Crippen LogP contribution in [0.2, 0.25) is 0 Å². The Balaban J connectivity index is 2.00. The molecule has 0 aromatic heterocycles. The molecule has 0 N–H and O–H groups in total. The van der Waals surface area contributed by atoms with E-state index in [0.29, 0.717) is 11.1 Å². The molecule has 0 aliphatic heterocycles. The van der Waals surface area contributed by atoms with Gasteiger partial charge in [0, 0.05) is 11.1 Å². The Hall–Kier alpha value is -3.58. The minimum atomic E-state index is -0.847. The van der Waals surface area contributed by atoms with Crippen molar-refractivity contribution in [1.82, 2.24) is 0 Å². The Morgan fingerprint density at radius 2 is 1.23 bits per heavy atom. The highest BCUT2D eigenvalue weighted by Crippen LogP contribution is 2.11. The molecule has 0 saturated carbocycles. The lowest BCUT2D eigenvalue weighted by molar-refractivity contribution is -0.0285. The van der Waals surface area contributed by atoms with Gasteiger partial charge in [0.1, 0.15) is 6.61 Å². The summed E-state index contributed by atoms with van der Waals surface area (Å²) in [5, 5.41) is 0. The maximum Gasteiger partial charge on any atom is 0.338 e. The van der Waals surface area contributed by atoms with Gasteiger partial charge >= 0.3 is 11.9 Å². The summed E-state index contributed by atoms with van der Waals surface area (Å²) in [6.07, 6.45) is 0.697. The standard InChI is InChI=1S/C24H24O7/c1-4-13-29-14-22(31-24(28)21-11-7-19(8-12-21)17(3)26)15-30-23(27)20-9-5-18(6-10-20)16(2)25/h4-12,22H,1,13-15H2,2-3H3. The molecule has 0 aliphatic carbocycles. The SMILES string of the molecule is C=CCOCC(COC(=O)c1ccc(C(C)=O)cc1)OC(=O)c1ccc(C(C)=O)cc1. The molecule has 0 saturated heterocycles. The Bertz CT molecular complexity index is 943. The van der Waals surface area contributed by atoms with E-state index < -0.39 is 18.0 Å². The van der Waals surface area contributed by atoms with Crippen LogP contribution in [0.1, 0.15) is 55.3 Å². The third kappa shape index (κ3) is 7.31. The Morgan fingerprint density at radius 1 is 0.774 bits per heavy atom. The van der Waals surface area contributed by atoms with E-state index in [-0.39, 0.29) is 42.5 Å². The van der Waals surface area contributed by atoms with Crippen molar-refractivity contribution >= 4 is 23.5 Å². The van der Waals surface area contributed by atoms with Crippen LogP contribution >= 0.6 is 0 Å². The predicted molar refractivity (Wildman–Crippen MR) is 113 cm³/mol. The minimum Gasteiger partial charge on any atom is -0.458 e. The first-order chi connectivity index (χ1) is 14.8. The number of ether oxygens (including phenoxy) is 3. The summed E-state index contributed by atoms with van der Waals surface area (Å²) >= 11 is 0. The second-order valence-corrected chi connectivity index (χ2v) is 6.72. The van der Waals surface area contributed by atoms with Crippen molar-refractivity contribution in [2.75, 3.05) is 19.8 Å². The van der Waals surface area contributed by atoms with Crippen molar-refractivity contribution in [3.8, 4) is 0 Å². The molecule has 162 valence electrons. The molecular formula is C24H24O7. The third-order valence-corrected chi connectivity index (χ3v) is 4.27. The van der Waals surface area contributed by atoms with Gasteiger partial charge in [-0.05, 0) is 38.1 Å². The van der Waals surface area contributed by atoms with Crippen LogP contribution in [0.5, 0.6) is 0 Å².